The van der Waals surface area contributed by atoms with Gasteiger partial charge in [-0.3, -0.25) is 0 Å². The zero-order chi connectivity index (χ0) is 11.5. The lowest BCUT2D eigenvalue weighted by Gasteiger charge is -2.25. The second kappa shape index (κ2) is 5.54. The van der Waals surface area contributed by atoms with Crippen LogP contribution in [0, 0.1) is 5.92 Å². The van der Waals surface area contributed by atoms with Crippen LogP contribution in [0.5, 0.6) is 0 Å². The zero-order valence-corrected chi connectivity index (χ0v) is 10.5. The molecule has 0 aromatic rings. The van der Waals surface area contributed by atoms with Crippen molar-refractivity contribution >= 4 is 26.0 Å². The quantitative estimate of drug-likeness (QED) is 0.808. The summed E-state index contributed by atoms with van der Waals surface area (Å²) in [6.45, 7) is 0.120. The highest BCUT2D eigenvalue weighted by Crippen LogP contribution is 2.28. The third kappa shape index (κ3) is 4.32. The molecule has 1 saturated carbocycles. The summed E-state index contributed by atoms with van der Waals surface area (Å²) in [6.07, 6.45) is 3.81. The Morgan fingerprint density at radius 3 is 2.60 bits per heavy atom. The predicted molar refractivity (Wildman–Crippen MR) is 57.6 cm³/mol. The molecular formula is C8H14BrF2NO2S. The minimum Gasteiger partial charge on any atom is -0.210 e. The minimum atomic E-state index is -4.41. The molecule has 1 N–H and O–H groups in total. The van der Waals surface area contributed by atoms with Crippen LogP contribution in [0.2, 0.25) is 0 Å². The second-order valence-corrected chi connectivity index (χ2v) is 6.81. The molecule has 7 heteroatoms. The normalized spacial score (nSPS) is 28.3. The molecule has 0 aromatic carbocycles. The van der Waals surface area contributed by atoms with E-state index in [1.165, 1.54) is 0 Å². The first-order valence-corrected chi connectivity index (χ1v) is 7.28. The van der Waals surface area contributed by atoms with E-state index in [-0.39, 0.29) is 12.5 Å². The number of rotatable bonds is 4. The van der Waals surface area contributed by atoms with Crippen molar-refractivity contribution in [3.8, 4) is 0 Å². The Labute approximate surface area is 96.8 Å². The van der Waals surface area contributed by atoms with E-state index in [0.717, 1.165) is 25.7 Å². The molecule has 0 radical (unpaired) electrons. The third-order valence-electron chi connectivity index (χ3n) is 2.53. The van der Waals surface area contributed by atoms with Crippen molar-refractivity contribution < 1.29 is 17.2 Å². The Morgan fingerprint density at radius 2 is 2.07 bits per heavy atom. The van der Waals surface area contributed by atoms with Gasteiger partial charge in [-0.1, -0.05) is 22.4 Å². The van der Waals surface area contributed by atoms with Gasteiger partial charge in [0.25, 0.3) is 10.0 Å². The first kappa shape index (κ1) is 13.3. The molecule has 0 aromatic heterocycles. The molecule has 2 unspecified atom stereocenters. The molecule has 0 bridgehead atoms. The maximum atomic E-state index is 12.0. The highest BCUT2D eigenvalue weighted by molar-refractivity contribution is 9.09. The van der Waals surface area contributed by atoms with E-state index >= 15 is 0 Å². The molecule has 3 nitrogen and oxygen atoms in total. The van der Waals surface area contributed by atoms with Crippen LogP contribution in [0.25, 0.3) is 0 Å². The first-order chi connectivity index (χ1) is 6.92. The monoisotopic (exact) mass is 305 g/mol. The van der Waals surface area contributed by atoms with Crippen LogP contribution in [-0.4, -0.2) is 25.5 Å². The van der Waals surface area contributed by atoms with Gasteiger partial charge in [0.2, 0.25) is 0 Å². The molecular weight excluding hydrogens is 292 g/mol. The molecule has 0 heterocycles. The molecule has 90 valence electrons. The smallest absolute Gasteiger partial charge is 0.210 e. The van der Waals surface area contributed by atoms with E-state index in [2.05, 4.69) is 15.9 Å². The van der Waals surface area contributed by atoms with Crippen molar-refractivity contribution in [1.82, 2.24) is 4.72 Å². The molecule has 1 aliphatic carbocycles. The standard InChI is InChI=1S/C8H14BrF2NO2S/c9-7-3-1-2-6(4-7)5-12-15(13,14)8(10)11/h6-8,12H,1-5H2. The van der Waals surface area contributed by atoms with Crippen LogP contribution >= 0.6 is 15.9 Å². The summed E-state index contributed by atoms with van der Waals surface area (Å²) in [5, 5.41) is 0. The molecule has 1 aliphatic rings. The lowest BCUT2D eigenvalue weighted by molar-refractivity contribution is 0.231. The maximum absolute atomic E-state index is 12.0. The molecule has 0 aliphatic heterocycles. The van der Waals surface area contributed by atoms with Crippen LogP contribution < -0.4 is 4.72 Å². The fourth-order valence-electron chi connectivity index (χ4n) is 1.71. The summed E-state index contributed by atoms with van der Waals surface area (Å²) in [5.41, 5.74) is 0. The number of halogens is 3. The van der Waals surface area contributed by atoms with E-state index in [0.29, 0.717) is 4.83 Å². The average Bonchev–Trinajstić information content (AvgIpc) is 2.15. The number of sulfonamides is 1. The Balaban J connectivity index is 2.37. The van der Waals surface area contributed by atoms with Gasteiger partial charge in [0.15, 0.2) is 0 Å². The van der Waals surface area contributed by atoms with Crippen LogP contribution in [0.1, 0.15) is 25.7 Å². The third-order valence-corrected chi connectivity index (χ3v) is 4.40. The van der Waals surface area contributed by atoms with E-state index < -0.39 is 15.8 Å². The van der Waals surface area contributed by atoms with Crippen LogP contribution in [0.3, 0.4) is 0 Å². The number of nitrogens with one attached hydrogen (secondary N) is 1. The van der Waals surface area contributed by atoms with Gasteiger partial charge in [-0.2, -0.15) is 8.78 Å². The van der Waals surface area contributed by atoms with E-state index in [9.17, 15) is 17.2 Å². The summed E-state index contributed by atoms with van der Waals surface area (Å²) in [7, 11) is -4.41. The van der Waals surface area contributed by atoms with Crippen molar-refractivity contribution in [3.05, 3.63) is 0 Å². The lowest BCUT2D eigenvalue weighted by atomic mass is 9.89. The fourth-order valence-corrected chi connectivity index (χ4v) is 3.15. The summed E-state index contributed by atoms with van der Waals surface area (Å²) < 4.78 is 47.5. The van der Waals surface area contributed by atoms with Crippen molar-refractivity contribution in [3.63, 3.8) is 0 Å². The SMILES string of the molecule is O=S(=O)(NCC1CCCC(Br)C1)C(F)F. The molecule has 0 spiro atoms. The van der Waals surface area contributed by atoms with Crippen molar-refractivity contribution in [1.29, 1.82) is 0 Å². The maximum Gasteiger partial charge on any atom is 0.350 e. The van der Waals surface area contributed by atoms with Crippen molar-refractivity contribution in [2.45, 2.75) is 36.3 Å². The zero-order valence-electron chi connectivity index (χ0n) is 8.13. The molecule has 1 fully saturated rings. The average molecular weight is 306 g/mol. The Morgan fingerprint density at radius 1 is 1.40 bits per heavy atom. The first-order valence-electron chi connectivity index (χ1n) is 4.82. The predicted octanol–water partition coefficient (Wildman–Crippen LogP) is 2.08. The summed E-state index contributed by atoms with van der Waals surface area (Å²) in [4.78, 5) is 0.382. The minimum absolute atomic E-state index is 0.120. The molecule has 0 amide bonds. The largest absolute Gasteiger partial charge is 0.350 e. The fraction of sp³-hybridized carbons (Fsp3) is 1.00. The van der Waals surface area contributed by atoms with Gasteiger partial charge in [0.1, 0.15) is 0 Å². The highest BCUT2D eigenvalue weighted by atomic mass is 79.9. The topological polar surface area (TPSA) is 46.2 Å². The lowest BCUT2D eigenvalue weighted by Crippen LogP contribution is -2.35. The van der Waals surface area contributed by atoms with E-state index in [1.807, 2.05) is 4.72 Å². The van der Waals surface area contributed by atoms with Gasteiger partial charge in [-0.15, -0.1) is 0 Å². The van der Waals surface area contributed by atoms with Gasteiger partial charge in [0.05, 0.1) is 0 Å². The van der Waals surface area contributed by atoms with E-state index in [1.54, 1.807) is 0 Å². The summed E-state index contributed by atoms with van der Waals surface area (Å²) in [6, 6.07) is 0. The summed E-state index contributed by atoms with van der Waals surface area (Å²) in [5.74, 6) is -3.17. The highest BCUT2D eigenvalue weighted by Gasteiger charge is 2.26. The van der Waals surface area contributed by atoms with Gasteiger partial charge in [-0.25, -0.2) is 13.1 Å². The van der Waals surface area contributed by atoms with Gasteiger partial charge in [0, 0.05) is 11.4 Å². The van der Waals surface area contributed by atoms with Gasteiger partial charge in [-0.05, 0) is 25.2 Å². The molecule has 0 saturated heterocycles. The second-order valence-electron chi connectivity index (χ2n) is 3.78. The van der Waals surface area contributed by atoms with Gasteiger partial charge < -0.3 is 0 Å². The number of hydrogen-bond acceptors (Lipinski definition) is 2. The van der Waals surface area contributed by atoms with Crippen LogP contribution in [-0.2, 0) is 10.0 Å². The molecule has 15 heavy (non-hydrogen) atoms. The molecule has 1 rings (SSSR count). The van der Waals surface area contributed by atoms with Crippen molar-refractivity contribution in [2.24, 2.45) is 5.92 Å². The number of alkyl halides is 3. The van der Waals surface area contributed by atoms with E-state index in [4.69, 9.17) is 0 Å². The summed E-state index contributed by atoms with van der Waals surface area (Å²) >= 11 is 3.45. The van der Waals surface area contributed by atoms with Crippen LogP contribution in [0.15, 0.2) is 0 Å². The van der Waals surface area contributed by atoms with Gasteiger partial charge >= 0.3 is 5.76 Å². The van der Waals surface area contributed by atoms with Crippen molar-refractivity contribution in [2.75, 3.05) is 6.54 Å². The number of hydrogen-bond donors (Lipinski definition) is 1. The molecule has 2 atom stereocenters. The Bertz CT molecular complexity index is 297. The Kier molecular flexibility index (Phi) is 4.92. The Hall–Kier alpha value is 0.250. The van der Waals surface area contributed by atoms with Crippen LogP contribution in [0.4, 0.5) is 8.78 Å².